The maximum Gasteiger partial charge on any atom is 0.238 e. The van der Waals surface area contributed by atoms with E-state index in [4.69, 9.17) is 0 Å². The molecule has 0 bridgehead atoms. The second kappa shape index (κ2) is 6.15. The van der Waals surface area contributed by atoms with Crippen molar-refractivity contribution in [1.29, 1.82) is 0 Å². The van der Waals surface area contributed by atoms with Crippen molar-refractivity contribution in [3.63, 3.8) is 0 Å². The molecule has 0 aliphatic carbocycles. The number of nitrogens with zero attached hydrogens (tertiary/aromatic N) is 3. The molecule has 1 aliphatic rings. The van der Waals surface area contributed by atoms with E-state index in [2.05, 4.69) is 26.3 Å². The summed E-state index contributed by atoms with van der Waals surface area (Å²) >= 11 is 0. The van der Waals surface area contributed by atoms with Crippen molar-refractivity contribution in [2.45, 2.75) is 25.8 Å². The van der Waals surface area contributed by atoms with Gasteiger partial charge in [-0.15, -0.1) is 0 Å². The Kier molecular flexibility index (Phi) is 4.30. The standard InChI is InChI=1S/C11H18N6O/c1-9-4-6-14-17(9)11(16-13-8-18)15-10-3-2-5-12-7-10/h4,6,8,10,12H,2-3,5,7H2,1H3,(H,13,18)(H,15,16). The van der Waals surface area contributed by atoms with Gasteiger partial charge in [-0.25, -0.2) is 9.67 Å². The fraction of sp³-hybridized carbons (Fsp3) is 0.545. The average molecular weight is 250 g/mol. The Morgan fingerprint density at radius 1 is 1.72 bits per heavy atom. The van der Waals surface area contributed by atoms with Crippen LogP contribution in [-0.4, -0.2) is 41.3 Å². The zero-order chi connectivity index (χ0) is 12.8. The number of carbonyl (C=O) groups is 1. The number of rotatable bonds is 3. The largest absolute Gasteiger partial charge is 0.315 e. The molecule has 1 aromatic rings. The number of hydrogen-bond acceptors (Lipinski definition) is 4. The summed E-state index contributed by atoms with van der Waals surface area (Å²) in [4.78, 5) is 15.0. The van der Waals surface area contributed by atoms with Crippen LogP contribution < -0.4 is 16.2 Å². The van der Waals surface area contributed by atoms with Crippen LogP contribution in [0, 0.1) is 6.92 Å². The average Bonchev–Trinajstić information content (AvgIpc) is 2.82. The highest BCUT2D eigenvalue weighted by Crippen LogP contribution is 2.06. The van der Waals surface area contributed by atoms with E-state index >= 15 is 0 Å². The van der Waals surface area contributed by atoms with E-state index in [1.807, 2.05) is 13.0 Å². The number of piperidine rings is 1. The Bertz CT molecular complexity index is 421. The van der Waals surface area contributed by atoms with Crippen LogP contribution >= 0.6 is 0 Å². The van der Waals surface area contributed by atoms with Crippen molar-refractivity contribution < 1.29 is 4.79 Å². The zero-order valence-corrected chi connectivity index (χ0v) is 10.4. The van der Waals surface area contributed by atoms with Gasteiger partial charge in [-0.1, -0.05) is 0 Å². The topological polar surface area (TPSA) is 83.3 Å². The number of carbonyl (C=O) groups excluding carboxylic acids is 1. The molecule has 2 rings (SSSR count). The number of nitrogens with one attached hydrogen (secondary N) is 3. The molecule has 1 amide bonds. The van der Waals surface area contributed by atoms with Gasteiger partial charge in [0.2, 0.25) is 12.4 Å². The highest BCUT2D eigenvalue weighted by Gasteiger charge is 2.14. The van der Waals surface area contributed by atoms with Crippen LogP contribution in [0.2, 0.25) is 0 Å². The number of hydrogen-bond donors (Lipinski definition) is 3. The molecule has 0 spiro atoms. The molecular weight excluding hydrogens is 232 g/mol. The molecular formula is C11H18N6O. The lowest BCUT2D eigenvalue weighted by Crippen LogP contribution is -2.43. The summed E-state index contributed by atoms with van der Waals surface area (Å²) in [5.41, 5.74) is 6.13. The molecule has 3 N–H and O–H groups in total. The third-order valence-corrected chi connectivity index (χ3v) is 2.85. The fourth-order valence-electron chi connectivity index (χ4n) is 1.94. The van der Waals surface area contributed by atoms with Gasteiger partial charge >= 0.3 is 0 Å². The van der Waals surface area contributed by atoms with Gasteiger partial charge in [0.15, 0.2) is 0 Å². The van der Waals surface area contributed by atoms with Crippen molar-refractivity contribution in [3.05, 3.63) is 18.0 Å². The number of aromatic nitrogens is 2. The highest BCUT2D eigenvalue weighted by atomic mass is 16.1. The molecule has 1 fully saturated rings. The molecule has 0 aromatic carbocycles. The molecule has 18 heavy (non-hydrogen) atoms. The second-order valence-electron chi connectivity index (χ2n) is 4.22. The molecule has 0 radical (unpaired) electrons. The Hall–Kier alpha value is -1.89. The van der Waals surface area contributed by atoms with Gasteiger partial charge in [-0.3, -0.25) is 15.6 Å². The van der Waals surface area contributed by atoms with Gasteiger partial charge in [-0.2, -0.15) is 5.10 Å². The van der Waals surface area contributed by atoms with Gasteiger partial charge in [-0.05, 0) is 32.4 Å². The van der Waals surface area contributed by atoms with Crippen LogP contribution in [0.25, 0.3) is 0 Å². The first-order valence-corrected chi connectivity index (χ1v) is 6.06. The molecule has 0 saturated carbocycles. The molecule has 1 unspecified atom stereocenters. The van der Waals surface area contributed by atoms with Crippen molar-refractivity contribution in [1.82, 2.24) is 25.9 Å². The summed E-state index contributed by atoms with van der Waals surface area (Å²) in [6.45, 7) is 3.83. The molecule has 98 valence electrons. The van der Waals surface area contributed by atoms with Gasteiger partial charge in [0.1, 0.15) is 0 Å². The van der Waals surface area contributed by atoms with Gasteiger partial charge in [0, 0.05) is 18.4 Å². The van der Waals surface area contributed by atoms with Crippen molar-refractivity contribution in [3.8, 4) is 0 Å². The molecule has 1 aromatic heterocycles. The van der Waals surface area contributed by atoms with E-state index in [-0.39, 0.29) is 6.04 Å². The van der Waals surface area contributed by atoms with Crippen LogP contribution in [0.5, 0.6) is 0 Å². The monoisotopic (exact) mass is 250 g/mol. The Labute approximate surface area is 106 Å². The smallest absolute Gasteiger partial charge is 0.238 e. The van der Waals surface area contributed by atoms with Crippen LogP contribution in [0.1, 0.15) is 18.5 Å². The molecule has 7 heteroatoms. The first-order valence-electron chi connectivity index (χ1n) is 6.06. The second-order valence-corrected chi connectivity index (χ2v) is 4.22. The van der Waals surface area contributed by atoms with Crippen molar-refractivity contribution in [2.75, 3.05) is 13.1 Å². The predicted octanol–water partition coefficient (Wildman–Crippen LogP) is -0.602. The van der Waals surface area contributed by atoms with Gasteiger partial charge in [0.05, 0.1) is 6.04 Å². The van der Waals surface area contributed by atoms with E-state index in [1.54, 1.807) is 10.9 Å². The van der Waals surface area contributed by atoms with Crippen LogP contribution in [-0.2, 0) is 4.79 Å². The Morgan fingerprint density at radius 2 is 2.61 bits per heavy atom. The molecule has 1 saturated heterocycles. The van der Waals surface area contributed by atoms with E-state index in [0.717, 1.165) is 31.6 Å². The van der Waals surface area contributed by atoms with E-state index in [9.17, 15) is 4.79 Å². The molecule has 1 atom stereocenters. The lowest BCUT2D eigenvalue weighted by molar-refractivity contribution is -0.110. The van der Waals surface area contributed by atoms with Gasteiger partial charge < -0.3 is 5.32 Å². The quantitative estimate of drug-likeness (QED) is 0.289. The highest BCUT2D eigenvalue weighted by molar-refractivity contribution is 5.82. The minimum absolute atomic E-state index is 0.207. The summed E-state index contributed by atoms with van der Waals surface area (Å²) in [6, 6.07) is 2.09. The summed E-state index contributed by atoms with van der Waals surface area (Å²) in [6.07, 6.45) is 4.43. The zero-order valence-electron chi connectivity index (χ0n) is 10.4. The molecule has 2 heterocycles. The SMILES string of the molecule is Cc1ccnn1C(=NC1CCCNC1)NNC=O. The van der Waals surface area contributed by atoms with E-state index in [1.165, 1.54) is 0 Å². The first kappa shape index (κ1) is 12.6. The maximum atomic E-state index is 10.4. The van der Waals surface area contributed by atoms with Crippen molar-refractivity contribution >= 4 is 12.4 Å². The van der Waals surface area contributed by atoms with Crippen molar-refractivity contribution in [2.24, 2.45) is 4.99 Å². The minimum Gasteiger partial charge on any atom is -0.315 e. The lowest BCUT2D eigenvalue weighted by Gasteiger charge is -2.21. The maximum absolute atomic E-state index is 10.4. The normalized spacial score (nSPS) is 20.5. The third-order valence-electron chi connectivity index (χ3n) is 2.85. The lowest BCUT2D eigenvalue weighted by atomic mass is 10.1. The number of aliphatic imine (C=N–C) groups is 1. The molecule has 7 nitrogen and oxygen atoms in total. The number of hydrazine groups is 1. The summed E-state index contributed by atoms with van der Waals surface area (Å²) in [7, 11) is 0. The number of amides is 1. The first-order chi connectivity index (χ1) is 8.81. The number of aryl methyl sites for hydroxylation is 1. The Balaban J connectivity index is 2.15. The van der Waals surface area contributed by atoms with Gasteiger partial charge in [0.25, 0.3) is 0 Å². The summed E-state index contributed by atoms with van der Waals surface area (Å²) in [5.74, 6) is 0.540. The van der Waals surface area contributed by atoms with E-state index in [0.29, 0.717) is 12.4 Å². The Morgan fingerprint density at radius 3 is 3.22 bits per heavy atom. The van der Waals surface area contributed by atoms with Crippen LogP contribution in [0.15, 0.2) is 17.3 Å². The van der Waals surface area contributed by atoms with Crippen LogP contribution in [0.3, 0.4) is 0 Å². The van der Waals surface area contributed by atoms with Crippen LogP contribution in [0.4, 0.5) is 0 Å². The minimum atomic E-state index is 0.207. The molecule has 1 aliphatic heterocycles. The fourth-order valence-corrected chi connectivity index (χ4v) is 1.94. The summed E-state index contributed by atoms with van der Waals surface area (Å²) in [5, 5.41) is 7.48. The predicted molar refractivity (Wildman–Crippen MR) is 68.0 cm³/mol. The third kappa shape index (κ3) is 3.07. The summed E-state index contributed by atoms with van der Waals surface area (Å²) < 4.78 is 1.67. The van der Waals surface area contributed by atoms with E-state index < -0.39 is 0 Å².